The van der Waals surface area contributed by atoms with Crippen LogP contribution in [0.25, 0.3) is 5.65 Å². The standard InChI is InChI=1S/C16H24N4/c1-16(2,3)14-15(18-12-7-5-4-6-8-12)20-10-9-17-11-13(20)19-14/h9-12,18H,4-8H2,1-3H3. The molecular weight excluding hydrogens is 248 g/mol. The van der Waals surface area contributed by atoms with Gasteiger partial charge in [-0.3, -0.25) is 9.38 Å². The Morgan fingerprint density at radius 1 is 1.20 bits per heavy atom. The Morgan fingerprint density at radius 2 is 1.95 bits per heavy atom. The molecule has 0 bridgehead atoms. The van der Waals surface area contributed by atoms with Crippen LogP contribution < -0.4 is 5.32 Å². The maximum Gasteiger partial charge on any atom is 0.157 e. The largest absolute Gasteiger partial charge is 0.367 e. The molecule has 0 spiro atoms. The third-order valence-corrected chi connectivity index (χ3v) is 4.09. The van der Waals surface area contributed by atoms with Gasteiger partial charge in [0.15, 0.2) is 5.65 Å². The van der Waals surface area contributed by atoms with Crippen LogP contribution in [0.1, 0.15) is 58.6 Å². The summed E-state index contributed by atoms with van der Waals surface area (Å²) >= 11 is 0. The fourth-order valence-electron chi connectivity index (χ4n) is 3.01. The Morgan fingerprint density at radius 3 is 2.65 bits per heavy atom. The van der Waals surface area contributed by atoms with E-state index in [4.69, 9.17) is 4.98 Å². The lowest BCUT2D eigenvalue weighted by molar-refractivity contribution is 0.460. The summed E-state index contributed by atoms with van der Waals surface area (Å²) in [6, 6.07) is 0.581. The van der Waals surface area contributed by atoms with E-state index in [1.54, 1.807) is 0 Å². The Bertz CT molecular complexity index is 588. The molecule has 1 aliphatic rings. The first-order valence-corrected chi connectivity index (χ1v) is 7.65. The molecule has 0 aromatic carbocycles. The van der Waals surface area contributed by atoms with Crippen molar-refractivity contribution < 1.29 is 0 Å². The average molecular weight is 272 g/mol. The molecule has 2 heterocycles. The molecule has 4 heteroatoms. The average Bonchev–Trinajstić information content (AvgIpc) is 2.79. The number of aromatic nitrogens is 3. The Kier molecular flexibility index (Phi) is 3.40. The van der Waals surface area contributed by atoms with Gasteiger partial charge in [-0.05, 0) is 12.8 Å². The second-order valence-electron chi connectivity index (χ2n) is 6.84. The first-order chi connectivity index (χ1) is 9.55. The highest BCUT2D eigenvalue weighted by Gasteiger charge is 2.25. The lowest BCUT2D eigenvalue weighted by Gasteiger charge is -2.26. The summed E-state index contributed by atoms with van der Waals surface area (Å²) in [7, 11) is 0. The van der Waals surface area contributed by atoms with Crippen molar-refractivity contribution in [1.82, 2.24) is 14.4 Å². The van der Waals surface area contributed by atoms with Gasteiger partial charge in [0.25, 0.3) is 0 Å². The van der Waals surface area contributed by atoms with E-state index in [2.05, 4.69) is 35.5 Å². The molecule has 0 unspecified atom stereocenters. The highest BCUT2D eigenvalue weighted by Crippen LogP contribution is 2.31. The van der Waals surface area contributed by atoms with Crippen LogP contribution in [-0.4, -0.2) is 20.4 Å². The van der Waals surface area contributed by atoms with E-state index in [1.807, 2.05) is 18.6 Å². The Labute approximate surface area is 120 Å². The maximum absolute atomic E-state index is 4.79. The lowest BCUT2D eigenvalue weighted by atomic mass is 9.91. The third kappa shape index (κ3) is 2.51. The number of fused-ring (bicyclic) bond motifs is 1. The van der Waals surface area contributed by atoms with Gasteiger partial charge < -0.3 is 5.32 Å². The fraction of sp³-hybridized carbons (Fsp3) is 0.625. The second kappa shape index (κ2) is 5.08. The molecule has 2 aromatic heterocycles. The van der Waals surface area contributed by atoms with Gasteiger partial charge in [0, 0.05) is 23.9 Å². The number of anilines is 1. The smallest absolute Gasteiger partial charge is 0.157 e. The van der Waals surface area contributed by atoms with Gasteiger partial charge in [0.2, 0.25) is 0 Å². The third-order valence-electron chi connectivity index (χ3n) is 4.09. The number of hydrogen-bond donors (Lipinski definition) is 1. The monoisotopic (exact) mass is 272 g/mol. The molecule has 1 fully saturated rings. The molecule has 0 aliphatic heterocycles. The summed E-state index contributed by atoms with van der Waals surface area (Å²) < 4.78 is 2.14. The topological polar surface area (TPSA) is 42.2 Å². The molecule has 20 heavy (non-hydrogen) atoms. The molecule has 0 amide bonds. The van der Waals surface area contributed by atoms with Crippen molar-refractivity contribution in [3.05, 3.63) is 24.3 Å². The Balaban J connectivity index is 2.01. The van der Waals surface area contributed by atoms with Crippen LogP contribution in [0.4, 0.5) is 5.82 Å². The van der Waals surface area contributed by atoms with Crippen molar-refractivity contribution in [3.63, 3.8) is 0 Å². The van der Waals surface area contributed by atoms with Crippen molar-refractivity contribution in [3.8, 4) is 0 Å². The van der Waals surface area contributed by atoms with Gasteiger partial charge in [-0.25, -0.2) is 4.98 Å². The summed E-state index contributed by atoms with van der Waals surface area (Å²) in [6.45, 7) is 6.65. The van der Waals surface area contributed by atoms with Crippen LogP contribution in [0.2, 0.25) is 0 Å². The first-order valence-electron chi connectivity index (χ1n) is 7.65. The van der Waals surface area contributed by atoms with Crippen LogP contribution in [0, 0.1) is 0 Å². The van der Waals surface area contributed by atoms with Crippen molar-refractivity contribution >= 4 is 11.5 Å². The maximum atomic E-state index is 4.79. The molecule has 1 saturated carbocycles. The number of nitrogens with zero attached hydrogens (tertiary/aromatic N) is 3. The minimum Gasteiger partial charge on any atom is -0.367 e. The summed E-state index contributed by atoms with van der Waals surface area (Å²) in [5.74, 6) is 1.15. The highest BCUT2D eigenvalue weighted by molar-refractivity contribution is 5.56. The van der Waals surface area contributed by atoms with Crippen molar-refractivity contribution in [2.75, 3.05) is 5.32 Å². The summed E-state index contributed by atoms with van der Waals surface area (Å²) in [6.07, 6.45) is 12.2. The predicted molar refractivity (Wildman–Crippen MR) is 82.2 cm³/mol. The van der Waals surface area contributed by atoms with Gasteiger partial charge in [-0.1, -0.05) is 40.0 Å². The Hall–Kier alpha value is -1.58. The molecule has 3 rings (SSSR count). The summed E-state index contributed by atoms with van der Waals surface area (Å²) in [5, 5.41) is 3.75. The molecular formula is C16H24N4. The van der Waals surface area contributed by atoms with E-state index in [0.29, 0.717) is 6.04 Å². The van der Waals surface area contributed by atoms with Crippen LogP contribution in [-0.2, 0) is 5.41 Å². The van der Waals surface area contributed by atoms with E-state index < -0.39 is 0 Å². The lowest BCUT2D eigenvalue weighted by Crippen LogP contribution is -2.25. The van der Waals surface area contributed by atoms with E-state index in [9.17, 15) is 0 Å². The molecule has 0 radical (unpaired) electrons. The SMILES string of the molecule is CC(C)(C)c1nc2cnccn2c1NC1CCCCC1. The molecule has 0 atom stereocenters. The molecule has 108 valence electrons. The minimum atomic E-state index is 0.0308. The number of imidazole rings is 1. The molecule has 0 saturated heterocycles. The summed E-state index contributed by atoms with van der Waals surface area (Å²) in [5.41, 5.74) is 2.09. The van der Waals surface area contributed by atoms with Crippen LogP contribution >= 0.6 is 0 Å². The van der Waals surface area contributed by atoms with Crippen LogP contribution in [0.3, 0.4) is 0 Å². The fourth-order valence-corrected chi connectivity index (χ4v) is 3.01. The van der Waals surface area contributed by atoms with Crippen LogP contribution in [0.15, 0.2) is 18.6 Å². The molecule has 2 aromatic rings. The van der Waals surface area contributed by atoms with Crippen LogP contribution in [0.5, 0.6) is 0 Å². The van der Waals surface area contributed by atoms with Crippen molar-refractivity contribution in [2.24, 2.45) is 0 Å². The zero-order chi connectivity index (χ0) is 14.2. The number of nitrogens with one attached hydrogen (secondary N) is 1. The van der Waals surface area contributed by atoms with E-state index in [1.165, 1.54) is 32.1 Å². The van der Waals surface area contributed by atoms with E-state index >= 15 is 0 Å². The first kappa shape index (κ1) is 13.4. The zero-order valence-electron chi connectivity index (χ0n) is 12.7. The second-order valence-corrected chi connectivity index (χ2v) is 6.84. The van der Waals surface area contributed by atoms with Gasteiger partial charge in [-0.15, -0.1) is 0 Å². The van der Waals surface area contributed by atoms with Crippen molar-refractivity contribution in [1.29, 1.82) is 0 Å². The normalized spacial score (nSPS) is 17.6. The zero-order valence-corrected chi connectivity index (χ0v) is 12.7. The van der Waals surface area contributed by atoms with Crippen molar-refractivity contribution in [2.45, 2.75) is 64.3 Å². The highest BCUT2D eigenvalue weighted by atomic mass is 15.2. The van der Waals surface area contributed by atoms with E-state index in [0.717, 1.165) is 17.2 Å². The molecule has 1 aliphatic carbocycles. The minimum absolute atomic E-state index is 0.0308. The van der Waals surface area contributed by atoms with Gasteiger partial charge in [0.1, 0.15) is 5.82 Å². The summed E-state index contributed by atoms with van der Waals surface area (Å²) in [4.78, 5) is 8.97. The number of hydrogen-bond acceptors (Lipinski definition) is 3. The molecule has 1 N–H and O–H groups in total. The predicted octanol–water partition coefficient (Wildman–Crippen LogP) is 3.77. The number of rotatable bonds is 2. The molecule has 4 nitrogen and oxygen atoms in total. The van der Waals surface area contributed by atoms with E-state index in [-0.39, 0.29) is 5.41 Å². The van der Waals surface area contributed by atoms with Gasteiger partial charge in [-0.2, -0.15) is 0 Å². The van der Waals surface area contributed by atoms with Gasteiger partial charge in [0.05, 0.1) is 11.9 Å². The van der Waals surface area contributed by atoms with Gasteiger partial charge >= 0.3 is 0 Å². The quantitative estimate of drug-likeness (QED) is 0.905.